The van der Waals surface area contributed by atoms with Crippen molar-refractivity contribution in [3.05, 3.63) is 41.5 Å². The van der Waals surface area contributed by atoms with Gasteiger partial charge >= 0.3 is 0 Å². The molecule has 3 aromatic heterocycles. The number of aromatic nitrogens is 6. The number of amides is 1. The molecule has 0 spiro atoms. The van der Waals surface area contributed by atoms with Crippen molar-refractivity contribution in [3.8, 4) is 0 Å². The molecular formula is C13H13N7O. The van der Waals surface area contributed by atoms with Gasteiger partial charge in [-0.1, -0.05) is 6.92 Å². The Kier molecular flexibility index (Phi) is 3.27. The number of fused-ring (bicyclic) bond motifs is 1. The average molecular weight is 283 g/mol. The molecule has 21 heavy (non-hydrogen) atoms. The smallest absolute Gasteiger partial charge is 0.258 e. The van der Waals surface area contributed by atoms with E-state index in [0.717, 1.165) is 12.1 Å². The second kappa shape index (κ2) is 5.23. The largest absolute Gasteiger partial charge is 0.306 e. The number of aryl methyl sites for hydroxylation is 2. The summed E-state index contributed by atoms with van der Waals surface area (Å²) in [5.41, 5.74) is 1.91. The van der Waals surface area contributed by atoms with E-state index in [1.54, 1.807) is 31.3 Å². The van der Waals surface area contributed by atoms with E-state index in [1.165, 1.54) is 4.52 Å². The Balaban J connectivity index is 1.86. The van der Waals surface area contributed by atoms with Crippen LogP contribution in [0.2, 0.25) is 0 Å². The Morgan fingerprint density at radius 2 is 2.19 bits per heavy atom. The quantitative estimate of drug-likeness (QED) is 0.771. The number of anilines is 1. The Labute approximate surface area is 120 Å². The van der Waals surface area contributed by atoms with Crippen LogP contribution in [0, 0.1) is 6.92 Å². The Bertz CT molecular complexity index is 811. The molecule has 3 heterocycles. The molecule has 0 radical (unpaired) electrons. The summed E-state index contributed by atoms with van der Waals surface area (Å²) in [5.74, 6) is 0.842. The van der Waals surface area contributed by atoms with Crippen molar-refractivity contribution in [3.63, 3.8) is 0 Å². The highest BCUT2D eigenvalue weighted by molar-refractivity contribution is 6.03. The topological polar surface area (TPSA) is 98.0 Å². The van der Waals surface area contributed by atoms with E-state index in [4.69, 9.17) is 0 Å². The van der Waals surface area contributed by atoms with Gasteiger partial charge in [0, 0.05) is 18.0 Å². The normalized spacial score (nSPS) is 10.8. The number of carbonyl (C=O) groups excluding carboxylic acids is 1. The second-order valence-corrected chi connectivity index (χ2v) is 4.50. The molecular weight excluding hydrogens is 270 g/mol. The molecule has 3 aromatic rings. The van der Waals surface area contributed by atoms with Gasteiger partial charge in [0.2, 0.25) is 0 Å². The fourth-order valence-electron chi connectivity index (χ4n) is 1.94. The van der Waals surface area contributed by atoms with Crippen LogP contribution < -0.4 is 5.32 Å². The molecule has 0 aliphatic rings. The third-order valence-electron chi connectivity index (χ3n) is 2.95. The molecule has 0 bridgehead atoms. The molecule has 0 aliphatic carbocycles. The summed E-state index contributed by atoms with van der Waals surface area (Å²) in [6, 6.07) is 5.11. The van der Waals surface area contributed by atoms with Crippen LogP contribution in [-0.4, -0.2) is 35.9 Å². The van der Waals surface area contributed by atoms with E-state index < -0.39 is 0 Å². The monoisotopic (exact) mass is 283 g/mol. The minimum absolute atomic E-state index is 0.271. The van der Waals surface area contributed by atoms with Crippen LogP contribution in [0.3, 0.4) is 0 Å². The van der Waals surface area contributed by atoms with E-state index >= 15 is 0 Å². The van der Waals surface area contributed by atoms with E-state index in [9.17, 15) is 4.79 Å². The van der Waals surface area contributed by atoms with E-state index in [1.807, 2.05) is 6.92 Å². The maximum atomic E-state index is 12.2. The number of carbonyl (C=O) groups is 1. The van der Waals surface area contributed by atoms with Crippen molar-refractivity contribution in [1.82, 2.24) is 30.0 Å². The fourth-order valence-corrected chi connectivity index (χ4v) is 1.94. The Hall–Kier alpha value is -2.90. The molecule has 8 nitrogen and oxygen atoms in total. The van der Waals surface area contributed by atoms with Gasteiger partial charge in [0.1, 0.15) is 11.6 Å². The second-order valence-electron chi connectivity index (χ2n) is 4.50. The lowest BCUT2D eigenvalue weighted by Gasteiger charge is -2.07. The van der Waals surface area contributed by atoms with Crippen LogP contribution in [0.15, 0.2) is 24.4 Å². The van der Waals surface area contributed by atoms with Gasteiger partial charge in [-0.3, -0.25) is 4.79 Å². The van der Waals surface area contributed by atoms with Crippen molar-refractivity contribution >= 4 is 17.4 Å². The lowest BCUT2D eigenvalue weighted by Crippen LogP contribution is -2.15. The summed E-state index contributed by atoms with van der Waals surface area (Å²) in [4.78, 5) is 20.7. The lowest BCUT2D eigenvalue weighted by molar-refractivity contribution is 0.102. The van der Waals surface area contributed by atoms with Crippen LogP contribution in [0.25, 0.3) is 5.65 Å². The van der Waals surface area contributed by atoms with Crippen LogP contribution in [-0.2, 0) is 6.42 Å². The average Bonchev–Trinajstić information content (AvgIpc) is 2.93. The summed E-state index contributed by atoms with van der Waals surface area (Å²) >= 11 is 0. The van der Waals surface area contributed by atoms with Gasteiger partial charge in [-0.05, 0) is 35.9 Å². The van der Waals surface area contributed by atoms with Gasteiger partial charge < -0.3 is 5.32 Å². The maximum Gasteiger partial charge on any atom is 0.258 e. The molecule has 0 saturated carbocycles. The molecule has 1 amide bonds. The van der Waals surface area contributed by atoms with E-state index in [-0.39, 0.29) is 5.91 Å². The highest BCUT2D eigenvalue weighted by Gasteiger charge is 2.10. The summed E-state index contributed by atoms with van der Waals surface area (Å²) in [6.45, 7) is 3.79. The zero-order chi connectivity index (χ0) is 14.8. The van der Waals surface area contributed by atoms with Gasteiger partial charge in [-0.15, -0.1) is 5.10 Å². The number of nitrogens with zero attached hydrogens (tertiary/aromatic N) is 6. The SMILES string of the molecule is CCc1cc(NC(=O)c2ccc3nnnn3c2)nc(C)n1. The molecule has 0 saturated heterocycles. The van der Waals surface area contributed by atoms with Crippen LogP contribution in [0.5, 0.6) is 0 Å². The van der Waals surface area contributed by atoms with Gasteiger partial charge in [-0.25, -0.2) is 9.97 Å². The number of rotatable bonds is 3. The number of pyridine rings is 1. The zero-order valence-corrected chi connectivity index (χ0v) is 11.6. The van der Waals surface area contributed by atoms with Crippen molar-refractivity contribution in [2.75, 3.05) is 5.32 Å². The summed E-state index contributed by atoms with van der Waals surface area (Å²) in [7, 11) is 0. The third-order valence-corrected chi connectivity index (χ3v) is 2.95. The minimum Gasteiger partial charge on any atom is -0.306 e. The first-order valence-corrected chi connectivity index (χ1v) is 6.49. The lowest BCUT2D eigenvalue weighted by atomic mass is 10.2. The van der Waals surface area contributed by atoms with Crippen LogP contribution in [0.4, 0.5) is 5.82 Å². The first-order valence-electron chi connectivity index (χ1n) is 6.49. The molecule has 3 rings (SSSR count). The molecule has 8 heteroatoms. The van der Waals surface area contributed by atoms with Gasteiger partial charge in [0.15, 0.2) is 5.65 Å². The maximum absolute atomic E-state index is 12.2. The third kappa shape index (κ3) is 2.69. The van der Waals surface area contributed by atoms with E-state index in [2.05, 4.69) is 30.8 Å². The Morgan fingerprint density at radius 3 is 3.00 bits per heavy atom. The number of nitrogens with one attached hydrogen (secondary N) is 1. The van der Waals surface area contributed by atoms with Crippen LogP contribution in [0.1, 0.15) is 28.8 Å². The number of hydrogen-bond donors (Lipinski definition) is 1. The molecule has 0 fully saturated rings. The summed E-state index contributed by atoms with van der Waals surface area (Å²) < 4.78 is 1.44. The standard InChI is InChI=1S/C13H13N7O/c1-3-10-6-11(15-8(2)14-10)16-13(21)9-4-5-12-17-18-19-20(12)7-9/h4-7H,3H2,1-2H3,(H,14,15,16,21). The molecule has 0 aromatic carbocycles. The minimum atomic E-state index is -0.271. The molecule has 0 unspecified atom stereocenters. The van der Waals surface area contributed by atoms with Gasteiger partial charge in [-0.2, -0.15) is 4.52 Å². The molecule has 106 valence electrons. The van der Waals surface area contributed by atoms with Crippen LogP contribution >= 0.6 is 0 Å². The molecule has 0 atom stereocenters. The predicted molar refractivity (Wildman–Crippen MR) is 74.9 cm³/mol. The number of tetrazole rings is 1. The van der Waals surface area contributed by atoms with Crippen molar-refractivity contribution in [1.29, 1.82) is 0 Å². The molecule has 1 N–H and O–H groups in total. The van der Waals surface area contributed by atoms with Gasteiger partial charge in [0.25, 0.3) is 5.91 Å². The highest BCUT2D eigenvalue weighted by atomic mass is 16.1. The first-order chi connectivity index (χ1) is 10.2. The van der Waals surface area contributed by atoms with Crippen molar-refractivity contribution in [2.24, 2.45) is 0 Å². The first kappa shape index (κ1) is 13.1. The summed E-state index contributed by atoms with van der Waals surface area (Å²) in [5, 5.41) is 13.8. The fraction of sp³-hybridized carbons (Fsp3) is 0.231. The zero-order valence-electron chi connectivity index (χ0n) is 11.6. The van der Waals surface area contributed by atoms with Crippen molar-refractivity contribution < 1.29 is 4.79 Å². The predicted octanol–water partition coefficient (Wildman–Crippen LogP) is 1.04. The summed E-state index contributed by atoms with van der Waals surface area (Å²) in [6.07, 6.45) is 2.35. The molecule has 0 aliphatic heterocycles. The van der Waals surface area contributed by atoms with Gasteiger partial charge in [0.05, 0.1) is 5.56 Å². The highest BCUT2D eigenvalue weighted by Crippen LogP contribution is 2.10. The van der Waals surface area contributed by atoms with E-state index in [0.29, 0.717) is 22.9 Å². The Morgan fingerprint density at radius 1 is 1.33 bits per heavy atom. The number of hydrogen-bond acceptors (Lipinski definition) is 6. The van der Waals surface area contributed by atoms with Crippen molar-refractivity contribution in [2.45, 2.75) is 20.3 Å².